The van der Waals surface area contributed by atoms with Crippen LogP contribution in [0.15, 0.2) is 82.8 Å². The first-order valence-electron chi connectivity index (χ1n) is 11.4. The molecule has 8 nitrogen and oxygen atoms in total. The van der Waals surface area contributed by atoms with E-state index in [1.807, 2.05) is 24.3 Å². The number of benzene rings is 3. The summed E-state index contributed by atoms with van der Waals surface area (Å²) in [6.07, 6.45) is 1.50. The fourth-order valence-electron chi connectivity index (χ4n) is 3.55. The third kappa shape index (κ3) is 6.56. The zero-order valence-electron chi connectivity index (χ0n) is 20.4. The number of carbonyl (C=O) groups excluding carboxylic acids is 1. The Kier molecular flexibility index (Phi) is 9.32. The van der Waals surface area contributed by atoms with E-state index in [1.54, 1.807) is 24.3 Å². The van der Waals surface area contributed by atoms with E-state index in [4.69, 9.17) is 16.3 Å². The number of nitrogens with one attached hydrogen (secondary N) is 1. The van der Waals surface area contributed by atoms with Crippen LogP contribution in [-0.2, 0) is 14.8 Å². The quantitative estimate of drug-likeness (QED) is 0.291. The zero-order chi connectivity index (χ0) is 26.1. The number of hydrogen-bond donors (Lipinski definition) is 1. The number of amides is 1. The highest BCUT2D eigenvalue weighted by Crippen LogP contribution is 2.31. The summed E-state index contributed by atoms with van der Waals surface area (Å²) in [5.41, 5.74) is 4.52. The van der Waals surface area contributed by atoms with Crippen molar-refractivity contribution in [3.8, 4) is 5.75 Å². The summed E-state index contributed by atoms with van der Waals surface area (Å²) in [6, 6.07) is 20.1. The van der Waals surface area contributed by atoms with E-state index >= 15 is 0 Å². The van der Waals surface area contributed by atoms with Crippen molar-refractivity contribution in [3.05, 3.63) is 83.4 Å². The van der Waals surface area contributed by atoms with Crippen LogP contribution in [0.1, 0.15) is 19.4 Å². The third-order valence-corrected chi connectivity index (χ3v) is 7.55. The van der Waals surface area contributed by atoms with Gasteiger partial charge in [-0.25, -0.2) is 13.8 Å². The van der Waals surface area contributed by atoms with Crippen LogP contribution in [0.3, 0.4) is 0 Å². The van der Waals surface area contributed by atoms with E-state index in [9.17, 15) is 13.2 Å². The number of rotatable bonds is 11. The maximum atomic E-state index is 13.4. The number of hydrazone groups is 1. The van der Waals surface area contributed by atoms with Gasteiger partial charge in [0.25, 0.3) is 15.9 Å². The molecule has 0 aromatic heterocycles. The Morgan fingerprint density at radius 2 is 1.64 bits per heavy atom. The highest BCUT2D eigenvalue weighted by atomic mass is 35.5. The number of methoxy groups -OCH3 is 1. The van der Waals surface area contributed by atoms with E-state index in [0.29, 0.717) is 5.75 Å². The molecule has 1 N–H and O–H groups in total. The normalized spacial score (nSPS) is 11.3. The Labute approximate surface area is 217 Å². The van der Waals surface area contributed by atoms with Gasteiger partial charge in [0, 0.05) is 18.8 Å². The van der Waals surface area contributed by atoms with E-state index in [1.165, 1.54) is 37.6 Å². The second-order valence-corrected chi connectivity index (χ2v) is 9.97. The minimum absolute atomic E-state index is 0.0431. The van der Waals surface area contributed by atoms with Crippen molar-refractivity contribution in [2.75, 3.05) is 35.9 Å². The second kappa shape index (κ2) is 12.4. The topological polar surface area (TPSA) is 91.3 Å². The lowest BCUT2D eigenvalue weighted by Gasteiger charge is -2.24. The van der Waals surface area contributed by atoms with Gasteiger partial charge in [0.05, 0.1) is 28.9 Å². The Hall–Kier alpha value is -3.56. The molecule has 0 spiro atoms. The molecular formula is C26H29ClN4O4S. The van der Waals surface area contributed by atoms with E-state index in [2.05, 4.69) is 29.3 Å². The molecule has 0 aliphatic carbocycles. The summed E-state index contributed by atoms with van der Waals surface area (Å²) in [7, 11) is -2.60. The average Bonchev–Trinajstić information content (AvgIpc) is 2.89. The third-order valence-electron chi connectivity index (χ3n) is 5.47. The molecule has 0 radical (unpaired) electrons. The van der Waals surface area contributed by atoms with Crippen LogP contribution in [0.4, 0.5) is 11.4 Å². The van der Waals surface area contributed by atoms with Crippen LogP contribution in [0.25, 0.3) is 0 Å². The summed E-state index contributed by atoms with van der Waals surface area (Å²) in [5.74, 6) is -0.226. The predicted octanol–water partition coefficient (Wildman–Crippen LogP) is 4.54. The standard InChI is InChI=1S/C26H29ClN4O4S/c1-4-30(5-2)21-13-11-20(12-14-21)18-28-29-26(32)19-31(22-15-16-25(35-3)24(27)17-22)36(33,34)23-9-7-6-8-10-23/h6-18H,4-5,19H2,1-3H3,(H,29,32)/b28-18-. The van der Waals surface area contributed by atoms with Crippen LogP contribution < -0.4 is 19.4 Å². The Morgan fingerprint density at radius 1 is 1.00 bits per heavy atom. The molecule has 0 unspecified atom stereocenters. The average molecular weight is 529 g/mol. The molecule has 0 fully saturated rings. The summed E-state index contributed by atoms with van der Waals surface area (Å²) in [5, 5.41) is 4.21. The van der Waals surface area contributed by atoms with Crippen molar-refractivity contribution in [3.63, 3.8) is 0 Å². The van der Waals surface area contributed by atoms with Gasteiger partial charge in [-0.1, -0.05) is 41.9 Å². The fourth-order valence-corrected chi connectivity index (χ4v) is 5.24. The van der Waals surface area contributed by atoms with Crippen molar-refractivity contribution in [1.82, 2.24) is 5.43 Å². The lowest BCUT2D eigenvalue weighted by Crippen LogP contribution is -2.39. The van der Waals surface area contributed by atoms with Crippen LogP contribution in [0.2, 0.25) is 5.02 Å². The molecule has 190 valence electrons. The molecule has 0 aliphatic rings. The zero-order valence-corrected chi connectivity index (χ0v) is 22.0. The fraction of sp³-hybridized carbons (Fsp3) is 0.231. The minimum Gasteiger partial charge on any atom is -0.495 e. The van der Waals surface area contributed by atoms with Crippen molar-refractivity contribution in [2.24, 2.45) is 5.10 Å². The van der Waals surface area contributed by atoms with Crippen LogP contribution in [0, 0.1) is 0 Å². The monoisotopic (exact) mass is 528 g/mol. The van der Waals surface area contributed by atoms with Gasteiger partial charge in [0.15, 0.2) is 0 Å². The van der Waals surface area contributed by atoms with E-state index < -0.39 is 22.5 Å². The highest BCUT2D eigenvalue weighted by molar-refractivity contribution is 7.92. The first kappa shape index (κ1) is 27.0. The van der Waals surface area contributed by atoms with Crippen molar-refractivity contribution in [1.29, 1.82) is 0 Å². The summed E-state index contributed by atoms with van der Waals surface area (Å²) < 4.78 is 32.9. The molecule has 3 aromatic carbocycles. The first-order chi connectivity index (χ1) is 17.3. The van der Waals surface area contributed by atoms with Gasteiger partial charge in [0.2, 0.25) is 0 Å². The SMILES string of the molecule is CCN(CC)c1ccc(/C=N\NC(=O)CN(c2ccc(OC)c(Cl)c2)S(=O)(=O)c2ccccc2)cc1. The van der Waals surface area contributed by atoms with Gasteiger partial charge in [-0.2, -0.15) is 5.10 Å². The molecule has 0 bridgehead atoms. The second-order valence-electron chi connectivity index (χ2n) is 7.70. The largest absolute Gasteiger partial charge is 0.495 e. The molecule has 0 heterocycles. The lowest BCUT2D eigenvalue weighted by atomic mass is 10.2. The van der Waals surface area contributed by atoms with Gasteiger partial charge >= 0.3 is 0 Å². The predicted molar refractivity (Wildman–Crippen MR) is 145 cm³/mol. The number of sulfonamides is 1. The van der Waals surface area contributed by atoms with Crippen LogP contribution in [0.5, 0.6) is 5.75 Å². The molecule has 0 atom stereocenters. The molecule has 36 heavy (non-hydrogen) atoms. The van der Waals surface area contributed by atoms with Crippen molar-refractivity contribution in [2.45, 2.75) is 18.7 Å². The smallest absolute Gasteiger partial charge is 0.264 e. The lowest BCUT2D eigenvalue weighted by molar-refractivity contribution is -0.119. The number of ether oxygens (including phenoxy) is 1. The molecule has 0 saturated heterocycles. The number of hydrogen-bond acceptors (Lipinski definition) is 6. The van der Waals surface area contributed by atoms with Gasteiger partial charge in [-0.05, 0) is 61.9 Å². The maximum Gasteiger partial charge on any atom is 0.264 e. The highest BCUT2D eigenvalue weighted by Gasteiger charge is 2.27. The summed E-state index contributed by atoms with van der Waals surface area (Å²) in [4.78, 5) is 15.0. The first-order valence-corrected chi connectivity index (χ1v) is 13.2. The molecule has 0 aliphatic heterocycles. The molecular weight excluding hydrogens is 500 g/mol. The van der Waals surface area contributed by atoms with Crippen LogP contribution in [-0.4, -0.2) is 47.3 Å². The minimum atomic E-state index is -4.06. The number of anilines is 2. The maximum absolute atomic E-state index is 13.4. The van der Waals surface area contributed by atoms with Crippen molar-refractivity contribution >= 4 is 45.1 Å². The van der Waals surface area contributed by atoms with E-state index in [0.717, 1.165) is 28.6 Å². The molecule has 1 amide bonds. The van der Waals surface area contributed by atoms with Gasteiger partial charge in [-0.3, -0.25) is 9.10 Å². The molecule has 0 saturated carbocycles. The number of halogens is 1. The molecule has 3 rings (SSSR count). The van der Waals surface area contributed by atoms with Crippen LogP contribution >= 0.6 is 11.6 Å². The van der Waals surface area contributed by atoms with Crippen molar-refractivity contribution < 1.29 is 17.9 Å². The Balaban J connectivity index is 1.79. The molecule has 3 aromatic rings. The Bertz CT molecular complexity index is 1300. The summed E-state index contributed by atoms with van der Waals surface area (Å²) in [6.45, 7) is 5.49. The van der Waals surface area contributed by atoms with E-state index in [-0.39, 0.29) is 15.6 Å². The Morgan fingerprint density at radius 3 is 2.22 bits per heavy atom. The van der Waals surface area contributed by atoms with Gasteiger partial charge < -0.3 is 9.64 Å². The molecule has 10 heteroatoms. The summed E-state index contributed by atoms with van der Waals surface area (Å²) >= 11 is 6.23. The van der Waals surface area contributed by atoms with Gasteiger partial charge in [0.1, 0.15) is 12.3 Å². The van der Waals surface area contributed by atoms with Gasteiger partial charge in [-0.15, -0.1) is 0 Å². The number of carbonyl (C=O) groups is 1. The number of nitrogens with zero attached hydrogens (tertiary/aromatic N) is 3.